The fourth-order valence-corrected chi connectivity index (χ4v) is 6.00. The molecule has 336 valence electrons. The van der Waals surface area contributed by atoms with Crippen LogP contribution in [0.5, 0.6) is 0 Å². The summed E-state index contributed by atoms with van der Waals surface area (Å²) in [7, 11) is 1.07. The molecule has 0 aromatic carbocycles. The predicted molar refractivity (Wildman–Crippen MR) is 241 cm³/mol. The molecular weight excluding hydrogens is 766 g/mol. The van der Waals surface area contributed by atoms with Crippen LogP contribution in [0.3, 0.4) is 0 Å². The quantitative estimate of drug-likeness (QED) is 0.0161. The molecule has 0 rings (SSSR count). The van der Waals surface area contributed by atoms with E-state index in [0.29, 0.717) is 30.3 Å². The second kappa shape index (κ2) is 39.1. The van der Waals surface area contributed by atoms with Gasteiger partial charge in [-0.05, 0) is 77.0 Å². The zero-order valence-electron chi connectivity index (χ0n) is 37.3. The molecule has 0 aromatic rings. The van der Waals surface area contributed by atoms with Gasteiger partial charge in [0.15, 0.2) is 6.10 Å². The van der Waals surface area contributed by atoms with Gasteiger partial charge in [0.25, 0.3) is 7.82 Å². The number of carbonyl (C=O) groups excluding carboxylic acids is 2. The summed E-state index contributed by atoms with van der Waals surface area (Å²) in [6.45, 7) is 3.80. The molecule has 11 heteroatoms. The number of esters is 2. The van der Waals surface area contributed by atoms with Gasteiger partial charge in [-0.2, -0.15) is 0 Å². The molecule has 0 radical (unpaired) electrons. The summed E-state index contributed by atoms with van der Waals surface area (Å²) in [6.07, 6.45) is 47.4. The maximum atomic E-state index is 12.7. The highest BCUT2D eigenvalue weighted by Crippen LogP contribution is 2.38. The second-order valence-electron chi connectivity index (χ2n) is 15.5. The molecule has 0 amide bonds. The largest absolute Gasteiger partial charge is 0.756 e. The topological polar surface area (TPSA) is 131 Å². The van der Waals surface area contributed by atoms with E-state index in [0.717, 1.165) is 89.9 Å². The Labute approximate surface area is 358 Å². The molecule has 0 fully saturated rings. The summed E-state index contributed by atoms with van der Waals surface area (Å²) < 4.78 is 33.8. The number of unbranched alkanes of at least 4 members (excludes halogenated alkanes) is 7. The molecule has 10 nitrogen and oxygen atoms in total. The third kappa shape index (κ3) is 42.8. The van der Waals surface area contributed by atoms with Crippen molar-refractivity contribution in [2.45, 2.75) is 148 Å². The van der Waals surface area contributed by atoms with Crippen LogP contribution in [0.4, 0.5) is 0 Å². The van der Waals surface area contributed by atoms with E-state index in [1.54, 1.807) is 6.08 Å². The Hall–Kier alpha value is -3.11. The van der Waals surface area contributed by atoms with Gasteiger partial charge in [0, 0.05) is 12.8 Å². The number of phosphoric acid groups is 1. The second-order valence-corrected chi connectivity index (χ2v) is 16.9. The highest BCUT2D eigenvalue weighted by molar-refractivity contribution is 7.45. The molecule has 0 aliphatic heterocycles. The average Bonchev–Trinajstić information content (AvgIpc) is 3.18. The molecular formula is C48H80NO9P. The number of ether oxygens (including phenoxy) is 2. The highest BCUT2D eigenvalue weighted by atomic mass is 31.2. The molecule has 0 aliphatic carbocycles. The molecule has 2 unspecified atom stereocenters. The number of likely N-dealkylation sites (N-methyl/N-ethyl adjacent to an activating group) is 1. The minimum atomic E-state index is -4.66. The van der Waals surface area contributed by atoms with Crippen LogP contribution in [0.15, 0.2) is 97.2 Å². The van der Waals surface area contributed by atoms with E-state index in [-0.39, 0.29) is 26.1 Å². The molecule has 3 atom stereocenters. The molecule has 1 N–H and O–H groups in total. The van der Waals surface area contributed by atoms with E-state index in [4.69, 9.17) is 18.5 Å². The fraction of sp³-hybridized carbons (Fsp3) is 0.625. The molecule has 59 heavy (non-hydrogen) atoms. The van der Waals surface area contributed by atoms with E-state index in [1.165, 1.54) is 0 Å². The Balaban J connectivity index is 4.53. The zero-order valence-corrected chi connectivity index (χ0v) is 38.2. The number of carbonyl (C=O) groups is 2. The zero-order chi connectivity index (χ0) is 43.7. The summed E-state index contributed by atoms with van der Waals surface area (Å²) in [4.78, 5) is 37.6. The van der Waals surface area contributed by atoms with Gasteiger partial charge in [-0.15, -0.1) is 0 Å². The number of aliphatic hydroxyl groups excluding tert-OH is 1. The fourth-order valence-electron chi connectivity index (χ4n) is 5.27. The Morgan fingerprint density at radius 1 is 0.627 bits per heavy atom. The Morgan fingerprint density at radius 3 is 1.73 bits per heavy atom. The van der Waals surface area contributed by atoms with Crippen LogP contribution in [0.25, 0.3) is 0 Å². The number of hydrogen-bond acceptors (Lipinski definition) is 9. The van der Waals surface area contributed by atoms with Crippen LogP contribution in [0.1, 0.15) is 136 Å². The third-order valence-electron chi connectivity index (χ3n) is 8.70. The van der Waals surface area contributed by atoms with Crippen molar-refractivity contribution in [1.29, 1.82) is 0 Å². The highest BCUT2D eigenvalue weighted by Gasteiger charge is 2.21. The van der Waals surface area contributed by atoms with Crippen molar-refractivity contribution in [2.24, 2.45) is 0 Å². The van der Waals surface area contributed by atoms with Gasteiger partial charge in [-0.3, -0.25) is 14.2 Å². The first kappa shape index (κ1) is 55.9. The standard InChI is InChI=1S/C48H80NO9P/c1-6-8-10-12-14-15-16-17-18-19-20-21-22-23-24-25-27-31-36-40-48(52)58-46(44-57-59(53,54)56-42-41-49(3,4)5)43-55-47(51)39-35-32-28-30-34-38-45(50)37-33-29-26-13-11-9-7-2/h8-11,14-15,17-18,20-21,23-24,26,29,33,37,45-46,50H,6-7,12-13,16,19,22,25,27-28,30-32,34-36,38-44H2,1-5H3/b10-8-,11-9+,15-14-,18-17-,21-20-,24-23-,29-26+,37-33+/t45?,46-/m1/s1. The molecule has 0 saturated carbocycles. The Kier molecular flexibility index (Phi) is 37.0. The molecule has 0 saturated heterocycles. The molecule has 0 spiro atoms. The number of aliphatic hydroxyl groups is 1. The Morgan fingerprint density at radius 2 is 1.14 bits per heavy atom. The van der Waals surface area contributed by atoms with Crippen molar-refractivity contribution in [3.8, 4) is 0 Å². The van der Waals surface area contributed by atoms with Crippen molar-refractivity contribution in [3.63, 3.8) is 0 Å². The number of rotatable bonds is 38. The summed E-state index contributed by atoms with van der Waals surface area (Å²) in [5.74, 6) is -0.961. The van der Waals surface area contributed by atoms with Gasteiger partial charge < -0.3 is 33.0 Å². The van der Waals surface area contributed by atoms with E-state index in [9.17, 15) is 24.2 Å². The van der Waals surface area contributed by atoms with Gasteiger partial charge in [0.1, 0.15) is 19.8 Å². The number of hydrogen-bond donors (Lipinski definition) is 1. The summed E-state index contributed by atoms with van der Waals surface area (Å²) in [5, 5.41) is 10.1. The SMILES string of the molecule is CC/C=C\C/C=C\C/C=C\C/C=C\C/C=C\CCCCCC(=O)O[C@H](COC(=O)CCCCCCCC(O)/C=C/C=C/C/C=C/CC)COP(=O)([O-])OCC[N+](C)(C)C. The maximum Gasteiger partial charge on any atom is 0.306 e. The van der Waals surface area contributed by atoms with Crippen LogP contribution >= 0.6 is 7.82 Å². The summed E-state index contributed by atoms with van der Waals surface area (Å²) in [6, 6.07) is 0. The van der Waals surface area contributed by atoms with Gasteiger partial charge in [0.05, 0.1) is 33.9 Å². The van der Waals surface area contributed by atoms with Crippen molar-refractivity contribution in [2.75, 3.05) is 47.5 Å². The van der Waals surface area contributed by atoms with Gasteiger partial charge in [0.2, 0.25) is 0 Å². The van der Waals surface area contributed by atoms with Gasteiger partial charge in [-0.25, -0.2) is 0 Å². The predicted octanol–water partition coefficient (Wildman–Crippen LogP) is 10.9. The first-order chi connectivity index (χ1) is 28.4. The monoisotopic (exact) mass is 846 g/mol. The van der Waals surface area contributed by atoms with Crippen molar-refractivity contribution in [3.05, 3.63) is 97.2 Å². The Bertz CT molecular complexity index is 1340. The van der Waals surface area contributed by atoms with Crippen LogP contribution < -0.4 is 4.89 Å². The summed E-state index contributed by atoms with van der Waals surface area (Å²) >= 11 is 0. The van der Waals surface area contributed by atoms with E-state index < -0.39 is 38.6 Å². The van der Waals surface area contributed by atoms with E-state index >= 15 is 0 Å². The minimum absolute atomic E-state index is 0.0595. The van der Waals surface area contributed by atoms with Crippen LogP contribution in [0.2, 0.25) is 0 Å². The normalized spacial score (nSPS) is 15.0. The van der Waals surface area contributed by atoms with Crippen molar-refractivity contribution < 1.29 is 47.2 Å². The molecule has 0 heterocycles. The van der Waals surface area contributed by atoms with E-state index in [1.807, 2.05) is 39.4 Å². The van der Waals surface area contributed by atoms with Crippen LogP contribution in [-0.4, -0.2) is 81.2 Å². The van der Waals surface area contributed by atoms with Gasteiger partial charge in [-0.1, -0.05) is 143 Å². The third-order valence-corrected chi connectivity index (χ3v) is 9.67. The lowest BCUT2D eigenvalue weighted by molar-refractivity contribution is -0.870. The number of phosphoric ester groups is 1. The number of nitrogens with zero attached hydrogens (tertiary/aromatic N) is 1. The summed E-state index contributed by atoms with van der Waals surface area (Å²) in [5.41, 5.74) is 0. The lowest BCUT2D eigenvalue weighted by atomic mass is 10.1. The van der Waals surface area contributed by atoms with Gasteiger partial charge >= 0.3 is 11.9 Å². The first-order valence-corrected chi connectivity index (χ1v) is 23.5. The van der Waals surface area contributed by atoms with E-state index in [2.05, 4.69) is 86.8 Å². The lowest BCUT2D eigenvalue weighted by Crippen LogP contribution is -2.37. The lowest BCUT2D eigenvalue weighted by Gasteiger charge is -2.28. The minimum Gasteiger partial charge on any atom is -0.756 e. The average molecular weight is 846 g/mol. The van der Waals surface area contributed by atoms with Crippen molar-refractivity contribution >= 4 is 19.8 Å². The first-order valence-electron chi connectivity index (χ1n) is 22.1. The number of quaternary nitrogens is 1. The molecule has 0 aliphatic rings. The van der Waals surface area contributed by atoms with Crippen LogP contribution in [-0.2, 0) is 32.7 Å². The molecule has 0 bridgehead atoms. The smallest absolute Gasteiger partial charge is 0.306 e. The van der Waals surface area contributed by atoms with Crippen LogP contribution in [0, 0.1) is 0 Å². The molecule has 0 aromatic heterocycles. The maximum absolute atomic E-state index is 12.7. The van der Waals surface area contributed by atoms with Crippen molar-refractivity contribution in [1.82, 2.24) is 0 Å². The number of allylic oxidation sites excluding steroid dienone is 15.